The van der Waals surface area contributed by atoms with Crippen molar-refractivity contribution in [2.45, 2.75) is 13.0 Å². The van der Waals surface area contributed by atoms with Crippen LogP contribution in [0.15, 0.2) is 12.3 Å². The Hall–Kier alpha value is -0.870. The molecule has 1 aliphatic rings. The van der Waals surface area contributed by atoms with Gasteiger partial charge in [0, 0.05) is 25.0 Å². The Balaban J connectivity index is 1.84. The number of rotatable bonds is 3. The van der Waals surface area contributed by atoms with Crippen molar-refractivity contribution < 1.29 is 0 Å². The van der Waals surface area contributed by atoms with Crippen LogP contribution in [-0.4, -0.2) is 34.7 Å². The van der Waals surface area contributed by atoms with E-state index in [4.69, 9.17) is 5.73 Å². The van der Waals surface area contributed by atoms with Crippen LogP contribution in [-0.2, 0) is 6.54 Å². The van der Waals surface area contributed by atoms with Crippen LogP contribution < -0.4 is 5.73 Å². The van der Waals surface area contributed by atoms with Crippen molar-refractivity contribution in [2.24, 2.45) is 11.7 Å². The first-order valence-electron chi connectivity index (χ1n) is 4.79. The number of aromatic amines is 1. The van der Waals surface area contributed by atoms with Gasteiger partial charge >= 0.3 is 0 Å². The molecule has 3 N–H and O–H groups in total. The summed E-state index contributed by atoms with van der Waals surface area (Å²) in [6.45, 7) is 4.10. The van der Waals surface area contributed by atoms with E-state index in [9.17, 15) is 0 Å². The summed E-state index contributed by atoms with van der Waals surface area (Å²) in [5.74, 6) is 0.697. The van der Waals surface area contributed by atoms with Gasteiger partial charge in [0.05, 0.1) is 0 Å². The Morgan fingerprint density at radius 2 is 2.62 bits per heavy atom. The van der Waals surface area contributed by atoms with Gasteiger partial charge in [0.1, 0.15) is 0 Å². The molecule has 1 saturated heterocycles. The zero-order valence-corrected chi connectivity index (χ0v) is 7.74. The Bertz CT molecular complexity index is 244. The predicted molar refractivity (Wildman–Crippen MR) is 51.0 cm³/mol. The molecule has 13 heavy (non-hydrogen) atoms. The summed E-state index contributed by atoms with van der Waals surface area (Å²) in [7, 11) is 0. The molecule has 4 heteroatoms. The summed E-state index contributed by atoms with van der Waals surface area (Å²) in [5, 5.41) is 6.90. The molecule has 72 valence electrons. The molecule has 1 aliphatic heterocycles. The fourth-order valence-electron chi connectivity index (χ4n) is 1.86. The summed E-state index contributed by atoms with van der Waals surface area (Å²) >= 11 is 0. The van der Waals surface area contributed by atoms with E-state index in [1.165, 1.54) is 18.7 Å². The molecule has 0 spiro atoms. The smallest absolute Gasteiger partial charge is 0.0492 e. The van der Waals surface area contributed by atoms with E-state index < -0.39 is 0 Å². The number of likely N-dealkylation sites (tertiary alicyclic amines) is 1. The van der Waals surface area contributed by atoms with Crippen LogP contribution in [0.1, 0.15) is 12.1 Å². The van der Waals surface area contributed by atoms with Crippen LogP contribution in [0.3, 0.4) is 0 Å². The number of hydrogen-bond donors (Lipinski definition) is 2. The second kappa shape index (κ2) is 3.89. The highest BCUT2D eigenvalue weighted by molar-refractivity contribution is 4.97. The number of nitrogens with two attached hydrogens (primary N) is 1. The van der Waals surface area contributed by atoms with Crippen molar-refractivity contribution in [1.29, 1.82) is 0 Å². The largest absolute Gasteiger partial charge is 0.330 e. The van der Waals surface area contributed by atoms with Gasteiger partial charge in [-0.2, -0.15) is 5.10 Å². The van der Waals surface area contributed by atoms with Gasteiger partial charge in [0.25, 0.3) is 0 Å². The van der Waals surface area contributed by atoms with Crippen LogP contribution in [0.2, 0.25) is 0 Å². The van der Waals surface area contributed by atoms with Crippen LogP contribution in [0.4, 0.5) is 0 Å². The minimum Gasteiger partial charge on any atom is -0.330 e. The number of nitrogens with one attached hydrogen (secondary N) is 1. The molecule has 4 nitrogen and oxygen atoms in total. The molecule has 1 aromatic rings. The van der Waals surface area contributed by atoms with Crippen molar-refractivity contribution in [2.75, 3.05) is 19.6 Å². The first-order chi connectivity index (χ1) is 6.38. The van der Waals surface area contributed by atoms with Crippen molar-refractivity contribution >= 4 is 0 Å². The topological polar surface area (TPSA) is 57.9 Å². The normalized spacial score (nSPS) is 23.9. The van der Waals surface area contributed by atoms with Crippen LogP contribution >= 0.6 is 0 Å². The lowest BCUT2D eigenvalue weighted by Crippen LogP contribution is -2.22. The standard InChI is InChI=1S/C9H16N4/c10-5-8-2-4-13(6-8)7-9-1-3-11-12-9/h1,3,8H,2,4-7,10H2,(H,11,12). The highest BCUT2D eigenvalue weighted by Gasteiger charge is 2.20. The van der Waals surface area contributed by atoms with Gasteiger partial charge in [-0.1, -0.05) is 0 Å². The van der Waals surface area contributed by atoms with Crippen molar-refractivity contribution in [1.82, 2.24) is 15.1 Å². The molecule has 2 heterocycles. The summed E-state index contributed by atoms with van der Waals surface area (Å²) in [4.78, 5) is 2.42. The van der Waals surface area contributed by atoms with Gasteiger partial charge < -0.3 is 5.73 Å². The van der Waals surface area contributed by atoms with E-state index in [0.29, 0.717) is 5.92 Å². The fourth-order valence-corrected chi connectivity index (χ4v) is 1.86. The maximum Gasteiger partial charge on any atom is 0.0492 e. The van der Waals surface area contributed by atoms with E-state index in [1.54, 1.807) is 6.20 Å². The molecule has 1 atom stereocenters. The maximum absolute atomic E-state index is 5.62. The zero-order chi connectivity index (χ0) is 9.10. The molecule has 0 aliphatic carbocycles. The third-order valence-electron chi connectivity index (χ3n) is 2.66. The average molecular weight is 180 g/mol. The van der Waals surface area contributed by atoms with Crippen LogP contribution in [0, 0.1) is 5.92 Å². The molecular weight excluding hydrogens is 164 g/mol. The van der Waals surface area contributed by atoms with E-state index in [1.807, 2.05) is 6.07 Å². The Morgan fingerprint density at radius 1 is 1.69 bits per heavy atom. The highest BCUT2D eigenvalue weighted by Crippen LogP contribution is 2.16. The van der Waals surface area contributed by atoms with Gasteiger partial charge in [-0.05, 0) is 31.5 Å². The van der Waals surface area contributed by atoms with Crippen LogP contribution in [0.5, 0.6) is 0 Å². The molecule has 0 aromatic carbocycles. The Labute approximate surface area is 78.1 Å². The third-order valence-corrected chi connectivity index (χ3v) is 2.66. The SMILES string of the molecule is NCC1CCN(Cc2ccn[nH]2)C1. The van der Waals surface area contributed by atoms with Gasteiger partial charge in [-0.15, -0.1) is 0 Å². The lowest BCUT2D eigenvalue weighted by Gasteiger charge is -2.13. The average Bonchev–Trinajstić information content (AvgIpc) is 2.76. The van der Waals surface area contributed by atoms with E-state index >= 15 is 0 Å². The molecular formula is C9H16N4. The van der Waals surface area contributed by atoms with Crippen molar-refractivity contribution in [3.05, 3.63) is 18.0 Å². The molecule has 1 aromatic heterocycles. The third kappa shape index (κ3) is 2.08. The first kappa shape index (κ1) is 8.72. The van der Waals surface area contributed by atoms with Gasteiger partial charge in [0.2, 0.25) is 0 Å². The van der Waals surface area contributed by atoms with Crippen molar-refractivity contribution in [3.8, 4) is 0 Å². The summed E-state index contributed by atoms with van der Waals surface area (Å²) in [6.07, 6.45) is 3.04. The predicted octanol–water partition coefficient (Wildman–Crippen LogP) is 0.190. The fraction of sp³-hybridized carbons (Fsp3) is 0.667. The highest BCUT2D eigenvalue weighted by atomic mass is 15.2. The van der Waals surface area contributed by atoms with Gasteiger partial charge in [0.15, 0.2) is 0 Å². The molecule has 0 saturated carbocycles. The molecule has 1 fully saturated rings. The molecule has 0 amide bonds. The summed E-state index contributed by atoms with van der Waals surface area (Å²) in [5.41, 5.74) is 6.81. The Morgan fingerprint density at radius 3 is 3.23 bits per heavy atom. The number of aromatic nitrogens is 2. The number of nitrogens with zero attached hydrogens (tertiary/aromatic N) is 2. The number of hydrogen-bond acceptors (Lipinski definition) is 3. The van der Waals surface area contributed by atoms with E-state index in [2.05, 4.69) is 15.1 Å². The van der Waals surface area contributed by atoms with Gasteiger partial charge in [-0.25, -0.2) is 0 Å². The Kier molecular flexibility index (Phi) is 2.61. The zero-order valence-electron chi connectivity index (χ0n) is 7.74. The lowest BCUT2D eigenvalue weighted by molar-refractivity contribution is 0.314. The minimum absolute atomic E-state index is 0.697. The summed E-state index contributed by atoms with van der Waals surface area (Å²) < 4.78 is 0. The monoisotopic (exact) mass is 180 g/mol. The van der Waals surface area contributed by atoms with E-state index in [-0.39, 0.29) is 0 Å². The summed E-state index contributed by atoms with van der Waals surface area (Å²) in [6, 6.07) is 2.02. The molecule has 0 radical (unpaired) electrons. The second-order valence-electron chi connectivity index (χ2n) is 3.71. The minimum atomic E-state index is 0.697. The van der Waals surface area contributed by atoms with E-state index in [0.717, 1.165) is 19.6 Å². The molecule has 2 rings (SSSR count). The number of H-pyrrole nitrogens is 1. The molecule has 1 unspecified atom stereocenters. The lowest BCUT2D eigenvalue weighted by atomic mass is 10.1. The van der Waals surface area contributed by atoms with Crippen molar-refractivity contribution in [3.63, 3.8) is 0 Å². The second-order valence-corrected chi connectivity index (χ2v) is 3.71. The molecule has 0 bridgehead atoms. The van der Waals surface area contributed by atoms with Crippen LogP contribution in [0.25, 0.3) is 0 Å². The first-order valence-corrected chi connectivity index (χ1v) is 4.79. The quantitative estimate of drug-likeness (QED) is 0.698. The maximum atomic E-state index is 5.62. The van der Waals surface area contributed by atoms with Gasteiger partial charge in [-0.3, -0.25) is 10.00 Å².